The summed E-state index contributed by atoms with van der Waals surface area (Å²) in [4.78, 5) is 35.7. The lowest BCUT2D eigenvalue weighted by atomic mass is 10.1. The molecule has 2 aromatic heterocycles. The first kappa shape index (κ1) is 22.6. The largest absolute Gasteiger partial charge is 0.364 e. The second-order valence-corrected chi connectivity index (χ2v) is 8.83. The van der Waals surface area contributed by atoms with Gasteiger partial charge in [0.05, 0.1) is 12.2 Å². The van der Waals surface area contributed by atoms with Crippen molar-refractivity contribution in [3.8, 4) is 17.1 Å². The van der Waals surface area contributed by atoms with Crippen molar-refractivity contribution < 1.29 is 4.79 Å². The number of amides is 1. The molecule has 1 amide bonds. The Morgan fingerprint density at radius 3 is 2.31 bits per heavy atom. The van der Waals surface area contributed by atoms with E-state index in [0.717, 1.165) is 16.7 Å². The molecule has 35 heavy (non-hydrogen) atoms. The molecule has 0 saturated carbocycles. The molecule has 0 spiro atoms. The maximum atomic E-state index is 13.8. The van der Waals surface area contributed by atoms with Crippen LogP contribution in [0.15, 0.2) is 77.6 Å². The smallest absolute Gasteiger partial charge is 0.335 e. The molecule has 0 saturated heterocycles. The molecule has 0 bridgehead atoms. The third kappa shape index (κ3) is 4.11. The van der Waals surface area contributed by atoms with Gasteiger partial charge < -0.3 is 5.73 Å². The van der Waals surface area contributed by atoms with Crippen LogP contribution in [0.1, 0.15) is 27.2 Å². The molecular weight excluding hydrogens is 462 g/mol. The Kier molecular flexibility index (Phi) is 5.70. The normalized spacial score (nSPS) is 11.2. The van der Waals surface area contributed by atoms with Gasteiger partial charge in [0.25, 0.3) is 5.91 Å². The third-order valence-electron chi connectivity index (χ3n) is 6.04. The van der Waals surface area contributed by atoms with E-state index in [0.29, 0.717) is 27.4 Å². The van der Waals surface area contributed by atoms with Gasteiger partial charge in [-0.1, -0.05) is 48.0 Å². The minimum absolute atomic E-state index is 0.0180. The lowest BCUT2D eigenvalue weighted by Gasteiger charge is -2.09. The number of primary amides is 1. The summed E-state index contributed by atoms with van der Waals surface area (Å²) in [6.07, 6.45) is 0. The van der Waals surface area contributed by atoms with Crippen LogP contribution in [0.3, 0.4) is 0 Å². The number of nitrogens with zero attached hydrogens (tertiary/aromatic N) is 4. The van der Waals surface area contributed by atoms with Crippen molar-refractivity contribution in [2.45, 2.75) is 20.4 Å². The lowest BCUT2D eigenvalue weighted by molar-refractivity contribution is 0.0997. The highest BCUT2D eigenvalue weighted by molar-refractivity contribution is 6.30. The first-order valence-electron chi connectivity index (χ1n) is 11.0. The number of hydrogen-bond donors (Lipinski definition) is 1. The summed E-state index contributed by atoms with van der Waals surface area (Å²) in [7, 11) is 0. The van der Waals surface area contributed by atoms with E-state index in [4.69, 9.17) is 22.3 Å². The summed E-state index contributed by atoms with van der Waals surface area (Å²) in [5.41, 5.74) is 10.3. The highest BCUT2D eigenvalue weighted by atomic mass is 35.5. The molecule has 3 aromatic carbocycles. The number of fused-ring (bicyclic) bond motifs is 1. The van der Waals surface area contributed by atoms with Crippen LogP contribution in [-0.4, -0.2) is 25.0 Å². The molecule has 0 unspecified atom stereocenters. The Labute approximate surface area is 206 Å². The van der Waals surface area contributed by atoms with Gasteiger partial charge in [-0.05, 0) is 66.9 Å². The van der Waals surface area contributed by atoms with Gasteiger partial charge >= 0.3 is 5.69 Å². The number of aromatic nitrogens is 4. The standard InChI is InChI=1S/C27H22ClN5O2/c1-16-8-13-21(14-17(16)2)33-26-23(32(27(33)35)15-18-6-4-3-5-7-18)22(24(29)34)30-25(31-26)19-9-11-20(28)12-10-19/h3-14H,15H2,1-2H3,(H2,29,34). The molecule has 174 valence electrons. The number of rotatable bonds is 5. The van der Waals surface area contributed by atoms with E-state index in [9.17, 15) is 9.59 Å². The van der Waals surface area contributed by atoms with Gasteiger partial charge in [-0.15, -0.1) is 0 Å². The van der Waals surface area contributed by atoms with Crippen molar-refractivity contribution in [2.75, 3.05) is 0 Å². The number of nitrogens with two attached hydrogens (primary N) is 1. The highest BCUT2D eigenvalue weighted by Gasteiger charge is 2.24. The zero-order valence-electron chi connectivity index (χ0n) is 19.2. The Morgan fingerprint density at radius 2 is 1.66 bits per heavy atom. The molecule has 7 nitrogen and oxygen atoms in total. The van der Waals surface area contributed by atoms with Crippen LogP contribution in [-0.2, 0) is 6.54 Å². The van der Waals surface area contributed by atoms with Crippen LogP contribution < -0.4 is 11.4 Å². The molecule has 5 rings (SSSR count). The van der Waals surface area contributed by atoms with Crippen molar-refractivity contribution >= 4 is 28.7 Å². The Hall–Kier alpha value is -4.23. The van der Waals surface area contributed by atoms with Crippen molar-refractivity contribution in [3.05, 3.63) is 111 Å². The molecule has 2 heterocycles. The quantitative estimate of drug-likeness (QED) is 0.393. The summed E-state index contributed by atoms with van der Waals surface area (Å²) in [5.74, 6) is -0.468. The fraction of sp³-hybridized carbons (Fsp3) is 0.111. The second kappa shape index (κ2) is 8.85. The number of halogens is 1. The zero-order chi connectivity index (χ0) is 24.7. The summed E-state index contributed by atoms with van der Waals surface area (Å²) < 4.78 is 3.02. The number of carbonyl (C=O) groups excluding carboxylic acids is 1. The second-order valence-electron chi connectivity index (χ2n) is 8.40. The molecular formula is C27H22ClN5O2. The molecule has 0 aliphatic rings. The van der Waals surface area contributed by atoms with Crippen molar-refractivity contribution in [3.63, 3.8) is 0 Å². The SMILES string of the molecule is Cc1ccc(-n2c(=O)n(Cc3ccccc3)c3c(C(N)=O)nc(-c4ccc(Cl)cc4)nc32)cc1C. The summed E-state index contributed by atoms with van der Waals surface area (Å²) in [6, 6.07) is 22.2. The van der Waals surface area contributed by atoms with Crippen molar-refractivity contribution in [1.82, 2.24) is 19.1 Å². The monoisotopic (exact) mass is 483 g/mol. The van der Waals surface area contributed by atoms with Crippen LogP contribution in [0.25, 0.3) is 28.2 Å². The predicted molar refractivity (Wildman–Crippen MR) is 137 cm³/mol. The lowest BCUT2D eigenvalue weighted by Crippen LogP contribution is -2.24. The minimum Gasteiger partial charge on any atom is -0.364 e. The van der Waals surface area contributed by atoms with Gasteiger partial charge in [0.2, 0.25) is 0 Å². The average Bonchev–Trinajstić information content (AvgIpc) is 3.12. The van der Waals surface area contributed by atoms with Gasteiger partial charge in [-0.3, -0.25) is 9.36 Å². The molecule has 0 fully saturated rings. The number of carbonyl (C=O) groups is 1. The van der Waals surface area contributed by atoms with Crippen LogP contribution in [0.2, 0.25) is 5.02 Å². The first-order chi connectivity index (χ1) is 16.8. The Bertz CT molecular complexity index is 1640. The van der Waals surface area contributed by atoms with Crippen molar-refractivity contribution in [2.24, 2.45) is 5.73 Å². The number of benzene rings is 3. The zero-order valence-corrected chi connectivity index (χ0v) is 20.0. The van der Waals surface area contributed by atoms with E-state index in [1.54, 1.807) is 24.3 Å². The van der Waals surface area contributed by atoms with Gasteiger partial charge in [-0.25, -0.2) is 19.3 Å². The van der Waals surface area contributed by atoms with Crippen LogP contribution >= 0.6 is 11.6 Å². The molecule has 0 aliphatic heterocycles. The van der Waals surface area contributed by atoms with Crippen LogP contribution in [0.5, 0.6) is 0 Å². The maximum Gasteiger partial charge on any atom is 0.335 e. The Balaban J connectivity index is 1.87. The predicted octanol–water partition coefficient (Wildman–Crippen LogP) is 4.67. The molecule has 0 radical (unpaired) electrons. The van der Waals surface area contributed by atoms with E-state index in [-0.39, 0.29) is 23.8 Å². The van der Waals surface area contributed by atoms with E-state index < -0.39 is 5.91 Å². The van der Waals surface area contributed by atoms with Crippen molar-refractivity contribution in [1.29, 1.82) is 0 Å². The average molecular weight is 484 g/mol. The maximum absolute atomic E-state index is 13.8. The topological polar surface area (TPSA) is 95.8 Å². The minimum atomic E-state index is -0.744. The van der Waals surface area contributed by atoms with Gasteiger partial charge in [0.15, 0.2) is 17.2 Å². The van der Waals surface area contributed by atoms with Crippen LogP contribution in [0, 0.1) is 13.8 Å². The Morgan fingerprint density at radius 1 is 0.943 bits per heavy atom. The van der Waals surface area contributed by atoms with Gasteiger partial charge in [0, 0.05) is 10.6 Å². The van der Waals surface area contributed by atoms with Gasteiger partial charge in [-0.2, -0.15) is 0 Å². The number of hydrogen-bond acceptors (Lipinski definition) is 4. The van der Waals surface area contributed by atoms with E-state index in [2.05, 4.69) is 4.98 Å². The summed E-state index contributed by atoms with van der Waals surface area (Å²) in [6.45, 7) is 4.22. The summed E-state index contributed by atoms with van der Waals surface area (Å²) >= 11 is 6.05. The third-order valence-corrected chi connectivity index (χ3v) is 6.29. The fourth-order valence-electron chi connectivity index (χ4n) is 4.06. The van der Waals surface area contributed by atoms with Crippen LogP contribution in [0.4, 0.5) is 0 Å². The fourth-order valence-corrected chi connectivity index (χ4v) is 4.19. The molecule has 0 atom stereocenters. The van der Waals surface area contributed by atoms with E-state index >= 15 is 0 Å². The van der Waals surface area contributed by atoms with E-state index in [1.165, 1.54) is 9.13 Å². The molecule has 5 aromatic rings. The number of imidazole rings is 1. The molecule has 2 N–H and O–H groups in total. The number of aryl methyl sites for hydroxylation is 2. The molecule has 8 heteroatoms. The first-order valence-corrected chi connectivity index (χ1v) is 11.4. The van der Waals surface area contributed by atoms with Gasteiger partial charge in [0.1, 0.15) is 5.52 Å². The highest BCUT2D eigenvalue weighted by Crippen LogP contribution is 2.26. The summed E-state index contributed by atoms with van der Waals surface area (Å²) in [5, 5.41) is 0.561. The van der Waals surface area contributed by atoms with E-state index in [1.807, 2.05) is 62.4 Å². The molecule has 0 aliphatic carbocycles.